The molecule has 132 valence electrons. The molecule has 0 unspecified atom stereocenters. The van der Waals surface area contributed by atoms with Crippen LogP contribution in [-0.4, -0.2) is 27.9 Å². The van der Waals surface area contributed by atoms with Crippen LogP contribution in [0.15, 0.2) is 0 Å². The first-order valence-corrected chi connectivity index (χ1v) is 8.85. The second-order valence-corrected chi connectivity index (χ2v) is 7.44. The van der Waals surface area contributed by atoms with Gasteiger partial charge in [0.25, 0.3) is 5.92 Å². The summed E-state index contributed by atoms with van der Waals surface area (Å²) < 4.78 is 32.5. The maximum atomic E-state index is 12.9. The third-order valence-corrected chi connectivity index (χ3v) is 5.66. The van der Waals surface area contributed by atoms with Gasteiger partial charge in [0.1, 0.15) is 11.9 Å². The minimum atomic E-state index is -2.69. The van der Waals surface area contributed by atoms with Crippen LogP contribution in [0.1, 0.15) is 74.5 Å². The van der Waals surface area contributed by atoms with E-state index in [1.165, 1.54) is 12.8 Å². The molecule has 0 saturated heterocycles. The van der Waals surface area contributed by atoms with Crippen LogP contribution in [0.3, 0.4) is 0 Å². The lowest BCUT2D eigenvalue weighted by Gasteiger charge is -2.34. The zero-order valence-electron chi connectivity index (χ0n) is 13.9. The van der Waals surface area contributed by atoms with Crippen molar-refractivity contribution in [2.45, 2.75) is 75.2 Å². The molecule has 1 aromatic heterocycles. The fourth-order valence-electron chi connectivity index (χ4n) is 3.76. The molecule has 7 heteroatoms. The highest BCUT2D eigenvalue weighted by Crippen LogP contribution is 2.47. The van der Waals surface area contributed by atoms with Gasteiger partial charge < -0.3 is 4.74 Å². The predicted molar refractivity (Wildman–Crippen MR) is 84.5 cm³/mol. The van der Waals surface area contributed by atoms with E-state index in [-0.39, 0.29) is 12.8 Å². The second-order valence-electron chi connectivity index (χ2n) is 7.44. The SMILES string of the molecule is Cn1nc(C2CCC2)c(C2CCC2)c1NC(=O)OC1CC(F)(F)C1. The van der Waals surface area contributed by atoms with Gasteiger partial charge in [-0.2, -0.15) is 5.10 Å². The average Bonchev–Trinajstić information content (AvgIpc) is 2.61. The van der Waals surface area contributed by atoms with Gasteiger partial charge in [-0.25, -0.2) is 13.6 Å². The number of ether oxygens (including phenoxy) is 1. The maximum Gasteiger partial charge on any atom is 0.413 e. The average molecular weight is 339 g/mol. The number of carbonyl (C=O) groups excluding carboxylic acids is 1. The third-order valence-electron chi connectivity index (χ3n) is 5.66. The Morgan fingerprint density at radius 3 is 2.33 bits per heavy atom. The fraction of sp³-hybridized carbons (Fsp3) is 0.765. The van der Waals surface area contributed by atoms with Gasteiger partial charge in [0.15, 0.2) is 0 Å². The molecule has 0 aromatic carbocycles. The molecule has 0 aliphatic heterocycles. The number of nitrogens with one attached hydrogen (secondary N) is 1. The van der Waals surface area contributed by atoms with Crippen molar-refractivity contribution in [3.63, 3.8) is 0 Å². The van der Waals surface area contributed by atoms with Crippen LogP contribution in [-0.2, 0) is 11.8 Å². The van der Waals surface area contributed by atoms with Crippen LogP contribution in [0, 0.1) is 0 Å². The number of alkyl halides is 2. The number of anilines is 1. The minimum Gasteiger partial charge on any atom is -0.445 e. The van der Waals surface area contributed by atoms with Crippen molar-refractivity contribution in [1.82, 2.24) is 9.78 Å². The number of rotatable bonds is 4. The van der Waals surface area contributed by atoms with Crippen molar-refractivity contribution >= 4 is 11.9 Å². The molecule has 24 heavy (non-hydrogen) atoms. The lowest BCUT2D eigenvalue weighted by atomic mass is 9.74. The maximum absolute atomic E-state index is 12.9. The minimum absolute atomic E-state index is 0.380. The van der Waals surface area contributed by atoms with Crippen molar-refractivity contribution in [2.75, 3.05) is 5.32 Å². The Kier molecular flexibility index (Phi) is 3.77. The largest absolute Gasteiger partial charge is 0.445 e. The van der Waals surface area contributed by atoms with E-state index in [2.05, 4.69) is 10.4 Å². The summed E-state index contributed by atoms with van der Waals surface area (Å²) >= 11 is 0. The Morgan fingerprint density at radius 1 is 1.21 bits per heavy atom. The number of aryl methyl sites for hydroxylation is 1. The Labute approximate surface area is 139 Å². The molecule has 0 spiro atoms. The number of aromatic nitrogens is 2. The molecule has 3 saturated carbocycles. The van der Waals surface area contributed by atoms with E-state index in [9.17, 15) is 13.6 Å². The molecule has 0 bridgehead atoms. The van der Waals surface area contributed by atoms with Gasteiger partial charge in [-0.1, -0.05) is 12.8 Å². The molecule has 0 atom stereocenters. The van der Waals surface area contributed by atoms with Crippen LogP contribution in [0.4, 0.5) is 19.4 Å². The number of amides is 1. The van der Waals surface area contributed by atoms with E-state index in [1.54, 1.807) is 4.68 Å². The summed E-state index contributed by atoms with van der Waals surface area (Å²) in [6, 6.07) is 0. The molecular formula is C17H23F2N3O2. The van der Waals surface area contributed by atoms with Crippen LogP contribution in [0.2, 0.25) is 0 Å². The summed E-state index contributed by atoms with van der Waals surface area (Å²) in [4.78, 5) is 12.1. The van der Waals surface area contributed by atoms with E-state index >= 15 is 0 Å². The van der Waals surface area contributed by atoms with Crippen molar-refractivity contribution in [3.8, 4) is 0 Å². The lowest BCUT2D eigenvalue weighted by Crippen LogP contribution is -2.43. The molecule has 1 amide bonds. The first-order valence-electron chi connectivity index (χ1n) is 8.85. The first-order chi connectivity index (χ1) is 11.4. The van der Waals surface area contributed by atoms with E-state index in [0.717, 1.165) is 36.9 Å². The van der Waals surface area contributed by atoms with E-state index in [1.807, 2.05) is 7.05 Å². The molecular weight excluding hydrogens is 316 g/mol. The van der Waals surface area contributed by atoms with Crippen molar-refractivity contribution in [1.29, 1.82) is 0 Å². The predicted octanol–water partition coefficient (Wildman–Crippen LogP) is 4.30. The number of halogens is 2. The highest BCUT2D eigenvalue weighted by atomic mass is 19.3. The quantitative estimate of drug-likeness (QED) is 0.890. The van der Waals surface area contributed by atoms with E-state index < -0.39 is 18.1 Å². The summed E-state index contributed by atoms with van der Waals surface area (Å²) in [5.41, 5.74) is 2.25. The van der Waals surface area contributed by atoms with Gasteiger partial charge in [-0.3, -0.25) is 10.00 Å². The molecule has 3 fully saturated rings. The number of hydrogen-bond donors (Lipinski definition) is 1. The molecule has 1 N–H and O–H groups in total. The van der Waals surface area contributed by atoms with Gasteiger partial charge in [-0.05, 0) is 31.6 Å². The fourth-order valence-corrected chi connectivity index (χ4v) is 3.76. The molecule has 3 aliphatic carbocycles. The Hall–Kier alpha value is -1.66. The molecule has 0 radical (unpaired) electrons. The van der Waals surface area contributed by atoms with Gasteiger partial charge in [0.05, 0.1) is 5.69 Å². The van der Waals surface area contributed by atoms with Gasteiger partial charge in [0.2, 0.25) is 0 Å². The lowest BCUT2D eigenvalue weighted by molar-refractivity contribution is -0.142. The molecule has 3 aliphatic rings. The standard InChI is InChI=1S/C17H23F2N3O2/c1-22-15(20-16(23)24-12-8-17(18,19)9-12)13(10-4-2-5-10)14(21-22)11-6-3-7-11/h10-12H,2-9H2,1H3,(H,20,23). The zero-order chi connectivity index (χ0) is 16.9. The summed E-state index contributed by atoms with van der Waals surface area (Å²) in [5, 5.41) is 7.42. The zero-order valence-corrected chi connectivity index (χ0v) is 13.9. The molecule has 4 rings (SSSR count). The van der Waals surface area contributed by atoms with Gasteiger partial charge in [0, 0.05) is 31.4 Å². The molecule has 5 nitrogen and oxygen atoms in total. The second kappa shape index (κ2) is 5.70. The number of nitrogens with zero attached hydrogens (tertiary/aromatic N) is 2. The summed E-state index contributed by atoms with van der Waals surface area (Å²) in [6.45, 7) is 0. The van der Waals surface area contributed by atoms with Crippen LogP contribution >= 0.6 is 0 Å². The molecule has 1 heterocycles. The van der Waals surface area contributed by atoms with Crippen LogP contribution in [0.5, 0.6) is 0 Å². The highest BCUT2D eigenvalue weighted by Gasteiger charge is 2.47. The Bertz CT molecular complexity index is 643. The molecule has 1 aromatic rings. The first kappa shape index (κ1) is 15.8. The number of hydrogen-bond acceptors (Lipinski definition) is 3. The van der Waals surface area contributed by atoms with Gasteiger partial charge in [-0.15, -0.1) is 0 Å². The van der Waals surface area contributed by atoms with E-state index in [4.69, 9.17) is 4.74 Å². The summed E-state index contributed by atoms with van der Waals surface area (Å²) in [7, 11) is 1.82. The monoisotopic (exact) mass is 339 g/mol. The highest BCUT2D eigenvalue weighted by molar-refractivity contribution is 5.85. The smallest absolute Gasteiger partial charge is 0.413 e. The van der Waals surface area contributed by atoms with Crippen LogP contribution < -0.4 is 5.32 Å². The van der Waals surface area contributed by atoms with Crippen molar-refractivity contribution in [2.24, 2.45) is 7.05 Å². The Morgan fingerprint density at radius 2 is 1.83 bits per heavy atom. The number of carbonyl (C=O) groups is 1. The normalized spacial score (nSPS) is 24.0. The summed E-state index contributed by atoms with van der Waals surface area (Å²) in [6.07, 6.45) is 4.86. The van der Waals surface area contributed by atoms with Crippen molar-refractivity contribution in [3.05, 3.63) is 11.3 Å². The van der Waals surface area contributed by atoms with Gasteiger partial charge >= 0.3 is 6.09 Å². The summed E-state index contributed by atoms with van der Waals surface area (Å²) in [5.74, 6) is -1.08. The topological polar surface area (TPSA) is 56.2 Å². The van der Waals surface area contributed by atoms with Crippen LogP contribution in [0.25, 0.3) is 0 Å². The van der Waals surface area contributed by atoms with Crippen molar-refractivity contribution < 1.29 is 18.3 Å². The third kappa shape index (κ3) is 2.78. The Balaban J connectivity index is 1.49. The van der Waals surface area contributed by atoms with E-state index in [0.29, 0.717) is 17.7 Å².